The molecule has 0 unspecified atom stereocenters. The zero-order chi connectivity index (χ0) is 35.8. The number of carbonyl (C=O) groups excluding carboxylic acids is 2. The minimum Gasteiger partial charge on any atom is -0.476 e. The molecule has 262 valence electrons. The standard InChI is InChI=1S/C38H40Cl2N4O6/c1-37(2,3)49-35(45)43-17-19-47-33-23(21-43)13-15-29(41-33)27-11-7-9-25(31(27)39)26-10-8-12-28(32(26)40)30-16-14-24-22-44(18-20-48-34(24)42-30)36(46)50-38(4,5)6/h7-16H,17-22H2,1-6H3. The fourth-order valence-electron chi connectivity index (χ4n) is 5.64. The molecule has 2 amide bonds. The lowest BCUT2D eigenvalue weighted by atomic mass is 9.98. The zero-order valence-electron chi connectivity index (χ0n) is 29.0. The maximum Gasteiger partial charge on any atom is 0.410 e. The van der Waals surface area contributed by atoms with E-state index in [0.717, 1.165) is 22.3 Å². The number of amides is 2. The fraction of sp³-hybridized carbons (Fsp3) is 0.368. The van der Waals surface area contributed by atoms with E-state index in [-0.39, 0.29) is 13.2 Å². The SMILES string of the molecule is CC(C)(C)OC(=O)N1CCOc2nc(-c3cccc(-c4cccc(-c5ccc6c(n5)OCCN(C(=O)OC(C)(C)C)C6)c4Cl)c3Cl)ccc2C1. The molecule has 0 aliphatic carbocycles. The van der Waals surface area contributed by atoms with Gasteiger partial charge in [0.25, 0.3) is 0 Å². The summed E-state index contributed by atoms with van der Waals surface area (Å²) in [6.45, 7) is 13.0. The predicted octanol–water partition coefficient (Wildman–Crippen LogP) is 9.04. The number of nitrogens with zero attached hydrogens (tertiary/aromatic N) is 4. The summed E-state index contributed by atoms with van der Waals surface area (Å²) in [7, 11) is 0. The Hall–Kier alpha value is -4.54. The number of halogens is 2. The van der Waals surface area contributed by atoms with Gasteiger partial charge < -0.3 is 28.7 Å². The molecule has 0 spiro atoms. The highest BCUT2D eigenvalue weighted by molar-refractivity contribution is 6.39. The van der Waals surface area contributed by atoms with Gasteiger partial charge >= 0.3 is 12.2 Å². The summed E-state index contributed by atoms with van der Waals surface area (Å²) in [5.74, 6) is 0.890. The smallest absolute Gasteiger partial charge is 0.410 e. The number of fused-ring (bicyclic) bond motifs is 2. The minimum atomic E-state index is -0.600. The van der Waals surface area contributed by atoms with Crippen molar-refractivity contribution in [2.45, 2.75) is 65.8 Å². The van der Waals surface area contributed by atoms with Crippen molar-refractivity contribution in [1.29, 1.82) is 0 Å². The Morgan fingerprint density at radius 1 is 0.620 bits per heavy atom. The van der Waals surface area contributed by atoms with E-state index in [9.17, 15) is 9.59 Å². The van der Waals surface area contributed by atoms with Gasteiger partial charge in [-0.2, -0.15) is 0 Å². The topological polar surface area (TPSA) is 103 Å². The summed E-state index contributed by atoms with van der Waals surface area (Å²) in [4.78, 5) is 38.3. The van der Waals surface area contributed by atoms with Gasteiger partial charge in [-0.25, -0.2) is 19.6 Å². The van der Waals surface area contributed by atoms with Crippen molar-refractivity contribution in [1.82, 2.24) is 19.8 Å². The summed E-state index contributed by atoms with van der Waals surface area (Å²) in [5, 5.41) is 0.951. The summed E-state index contributed by atoms with van der Waals surface area (Å²) in [5.41, 5.74) is 4.46. The number of rotatable bonds is 3. The van der Waals surface area contributed by atoms with Gasteiger partial charge in [0.15, 0.2) is 0 Å². The second-order valence-corrected chi connectivity index (χ2v) is 14.9. The van der Waals surface area contributed by atoms with E-state index in [0.29, 0.717) is 70.5 Å². The Morgan fingerprint density at radius 3 is 1.38 bits per heavy atom. The Labute approximate surface area is 302 Å². The molecule has 0 N–H and O–H groups in total. The van der Waals surface area contributed by atoms with Crippen LogP contribution in [0.2, 0.25) is 10.0 Å². The number of ether oxygens (including phenoxy) is 4. The fourth-order valence-corrected chi connectivity index (χ4v) is 6.29. The maximum absolute atomic E-state index is 12.7. The summed E-state index contributed by atoms with van der Waals surface area (Å²) in [6, 6.07) is 19.0. The molecule has 0 bridgehead atoms. The minimum absolute atomic E-state index is 0.280. The molecule has 0 saturated carbocycles. The van der Waals surface area contributed by atoms with Gasteiger partial charge in [-0.05, 0) is 65.8 Å². The number of benzene rings is 2. The van der Waals surface area contributed by atoms with Crippen molar-refractivity contribution in [2.24, 2.45) is 0 Å². The van der Waals surface area contributed by atoms with Crippen molar-refractivity contribution in [3.05, 3.63) is 81.8 Å². The Kier molecular flexibility index (Phi) is 9.88. The molecule has 2 aliphatic heterocycles. The van der Waals surface area contributed by atoms with Crippen LogP contribution in [0.25, 0.3) is 33.6 Å². The van der Waals surface area contributed by atoms with Crippen LogP contribution >= 0.6 is 23.2 Å². The largest absolute Gasteiger partial charge is 0.476 e. The molecule has 4 heterocycles. The molecule has 2 aromatic heterocycles. The van der Waals surface area contributed by atoms with E-state index in [1.807, 2.05) is 102 Å². The van der Waals surface area contributed by atoms with E-state index in [2.05, 4.69) is 0 Å². The molecule has 2 aromatic carbocycles. The molecule has 6 rings (SSSR count). The van der Waals surface area contributed by atoms with E-state index < -0.39 is 23.4 Å². The van der Waals surface area contributed by atoms with Gasteiger partial charge in [0.1, 0.15) is 24.4 Å². The normalized spacial score (nSPS) is 14.7. The van der Waals surface area contributed by atoms with Crippen LogP contribution in [0.5, 0.6) is 11.8 Å². The third-order valence-corrected chi connectivity index (χ3v) is 8.76. The monoisotopic (exact) mass is 718 g/mol. The molecule has 4 aromatic rings. The van der Waals surface area contributed by atoms with Gasteiger partial charge in [0.05, 0.1) is 47.6 Å². The first-order chi connectivity index (χ1) is 23.7. The molecule has 0 fully saturated rings. The van der Waals surface area contributed by atoms with Crippen molar-refractivity contribution in [2.75, 3.05) is 26.3 Å². The third-order valence-electron chi connectivity index (χ3n) is 7.94. The molecular formula is C38H40Cl2N4O6. The van der Waals surface area contributed by atoms with E-state index >= 15 is 0 Å². The van der Waals surface area contributed by atoms with E-state index in [4.69, 9.17) is 52.1 Å². The van der Waals surface area contributed by atoms with Crippen LogP contribution in [0.15, 0.2) is 60.7 Å². The second-order valence-electron chi connectivity index (χ2n) is 14.2. The number of pyridine rings is 2. The Bertz CT molecular complexity index is 1800. The van der Waals surface area contributed by atoms with E-state index in [1.165, 1.54) is 0 Å². The zero-order valence-corrected chi connectivity index (χ0v) is 30.5. The lowest BCUT2D eigenvalue weighted by Crippen LogP contribution is -2.37. The van der Waals surface area contributed by atoms with Crippen LogP contribution in [-0.2, 0) is 22.6 Å². The average Bonchev–Trinajstić information content (AvgIpc) is 3.39. The highest BCUT2D eigenvalue weighted by Crippen LogP contribution is 2.42. The van der Waals surface area contributed by atoms with Crippen molar-refractivity contribution >= 4 is 35.4 Å². The molecule has 0 radical (unpaired) electrons. The summed E-state index contributed by atoms with van der Waals surface area (Å²) in [6.07, 6.45) is -0.794. The first-order valence-corrected chi connectivity index (χ1v) is 17.2. The summed E-state index contributed by atoms with van der Waals surface area (Å²) >= 11 is 14.2. The molecular weight excluding hydrogens is 679 g/mol. The molecule has 2 aliphatic rings. The number of aromatic nitrogens is 2. The van der Waals surface area contributed by atoms with Gasteiger partial charge in [-0.15, -0.1) is 0 Å². The molecule has 10 nitrogen and oxygen atoms in total. The highest BCUT2D eigenvalue weighted by Gasteiger charge is 2.28. The first-order valence-electron chi connectivity index (χ1n) is 16.5. The molecule has 50 heavy (non-hydrogen) atoms. The van der Waals surface area contributed by atoms with E-state index in [1.54, 1.807) is 9.80 Å². The van der Waals surface area contributed by atoms with Crippen molar-refractivity contribution in [3.8, 4) is 45.4 Å². The van der Waals surface area contributed by atoms with Crippen LogP contribution in [0.4, 0.5) is 9.59 Å². The van der Waals surface area contributed by atoms with Gasteiger partial charge in [-0.1, -0.05) is 59.6 Å². The lowest BCUT2D eigenvalue weighted by molar-refractivity contribution is 0.0216. The molecule has 0 atom stereocenters. The van der Waals surface area contributed by atoms with Gasteiger partial charge in [0.2, 0.25) is 11.8 Å². The van der Waals surface area contributed by atoms with Crippen LogP contribution in [0, 0.1) is 0 Å². The highest BCUT2D eigenvalue weighted by atomic mass is 35.5. The number of hydrogen-bond acceptors (Lipinski definition) is 8. The molecule has 12 heteroatoms. The Morgan fingerprint density at radius 2 is 1.00 bits per heavy atom. The summed E-state index contributed by atoms with van der Waals surface area (Å²) < 4.78 is 23.1. The third kappa shape index (κ3) is 7.92. The number of carbonyl (C=O) groups is 2. The average molecular weight is 720 g/mol. The quantitative estimate of drug-likeness (QED) is 0.207. The molecule has 0 saturated heterocycles. The first kappa shape index (κ1) is 35.3. The van der Waals surface area contributed by atoms with Crippen molar-refractivity contribution in [3.63, 3.8) is 0 Å². The van der Waals surface area contributed by atoms with Crippen LogP contribution < -0.4 is 9.47 Å². The second kappa shape index (κ2) is 14.0. The van der Waals surface area contributed by atoms with Crippen LogP contribution in [-0.4, -0.2) is 69.5 Å². The van der Waals surface area contributed by atoms with Gasteiger partial charge in [0, 0.05) is 33.4 Å². The Balaban J connectivity index is 1.26. The maximum atomic E-state index is 12.7. The van der Waals surface area contributed by atoms with Gasteiger partial charge in [-0.3, -0.25) is 0 Å². The predicted molar refractivity (Wildman–Crippen MR) is 193 cm³/mol. The number of hydrogen-bond donors (Lipinski definition) is 0. The van der Waals surface area contributed by atoms with Crippen molar-refractivity contribution < 1.29 is 28.5 Å². The lowest BCUT2D eigenvalue weighted by Gasteiger charge is -2.26. The van der Waals surface area contributed by atoms with Crippen LogP contribution in [0.3, 0.4) is 0 Å². The van der Waals surface area contributed by atoms with Crippen LogP contribution in [0.1, 0.15) is 52.7 Å².